The van der Waals surface area contributed by atoms with Crippen LogP contribution in [0.4, 0.5) is 5.69 Å². The number of benzene rings is 1. The molecule has 116 valence electrons. The number of halogens is 1. The highest BCUT2D eigenvalue weighted by atomic mass is 79.9. The Kier molecular flexibility index (Phi) is 4.47. The fraction of sp³-hybridized carbons (Fsp3) is 0.375. The van der Waals surface area contributed by atoms with Crippen LogP contribution in [0, 0.1) is 0 Å². The van der Waals surface area contributed by atoms with Gasteiger partial charge in [-0.3, -0.25) is 4.68 Å². The van der Waals surface area contributed by atoms with Gasteiger partial charge in [-0.25, -0.2) is 4.99 Å². The van der Waals surface area contributed by atoms with Crippen molar-refractivity contribution in [3.05, 3.63) is 45.7 Å². The van der Waals surface area contributed by atoms with E-state index < -0.39 is 0 Å². The second-order valence-corrected chi connectivity index (χ2v) is 6.43. The number of aromatic nitrogens is 2. The van der Waals surface area contributed by atoms with Crippen molar-refractivity contribution in [2.45, 2.75) is 32.2 Å². The molecule has 1 heterocycles. The van der Waals surface area contributed by atoms with Crippen LogP contribution in [0.25, 0.3) is 0 Å². The van der Waals surface area contributed by atoms with E-state index in [0.717, 1.165) is 28.7 Å². The first kappa shape index (κ1) is 15.1. The molecule has 0 unspecified atom stereocenters. The van der Waals surface area contributed by atoms with Crippen molar-refractivity contribution in [2.24, 2.45) is 17.8 Å². The van der Waals surface area contributed by atoms with Gasteiger partial charge < -0.3 is 11.1 Å². The Bertz CT molecular complexity index is 705. The zero-order valence-corrected chi connectivity index (χ0v) is 14.2. The zero-order valence-electron chi connectivity index (χ0n) is 12.6. The minimum Gasteiger partial charge on any atom is -0.370 e. The van der Waals surface area contributed by atoms with Gasteiger partial charge in [0.05, 0.1) is 16.7 Å². The number of nitrogens with zero attached hydrogens (tertiary/aromatic N) is 3. The normalized spacial score (nSPS) is 14.7. The predicted octanol–water partition coefficient (Wildman–Crippen LogP) is 2.99. The predicted molar refractivity (Wildman–Crippen MR) is 92.9 cm³/mol. The molecule has 0 bridgehead atoms. The van der Waals surface area contributed by atoms with Crippen molar-refractivity contribution in [3.63, 3.8) is 0 Å². The molecule has 0 amide bonds. The summed E-state index contributed by atoms with van der Waals surface area (Å²) in [5.74, 6) is 0.427. The summed E-state index contributed by atoms with van der Waals surface area (Å²) in [5, 5.41) is 7.58. The van der Waals surface area contributed by atoms with Crippen LogP contribution in [-0.2, 0) is 26.4 Å². The van der Waals surface area contributed by atoms with Crippen molar-refractivity contribution in [3.8, 4) is 0 Å². The van der Waals surface area contributed by atoms with Crippen molar-refractivity contribution in [1.29, 1.82) is 0 Å². The quantitative estimate of drug-likeness (QED) is 0.652. The maximum absolute atomic E-state index is 6.03. The van der Waals surface area contributed by atoms with Crippen LogP contribution in [0.5, 0.6) is 0 Å². The van der Waals surface area contributed by atoms with E-state index in [1.54, 1.807) is 4.68 Å². The number of hydrogen-bond acceptors (Lipinski definition) is 2. The maximum Gasteiger partial charge on any atom is 0.193 e. The fourth-order valence-electron chi connectivity index (χ4n) is 2.85. The molecule has 0 saturated heterocycles. The van der Waals surface area contributed by atoms with Gasteiger partial charge in [0, 0.05) is 18.9 Å². The van der Waals surface area contributed by atoms with Crippen molar-refractivity contribution in [2.75, 3.05) is 5.32 Å². The fourth-order valence-corrected chi connectivity index (χ4v) is 3.35. The molecule has 22 heavy (non-hydrogen) atoms. The average Bonchev–Trinajstić information content (AvgIpc) is 2.83. The first-order chi connectivity index (χ1) is 10.6. The molecule has 0 spiro atoms. The first-order valence-electron chi connectivity index (χ1n) is 7.49. The van der Waals surface area contributed by atoms with Crippen molar-refractivity contribution >= 4 is 27.6 Å². The van der Waals surface area contributed by atoms with Gasteiger partial charge in [0.2, 0.25) is 0 Å². The van der Waals surface area contributed by atoms with Gasteiger partial charge in [-0.05, 0) is 58.8 Å². The van der Waals surface area contributed by atoms with E-state index in [9.17, 15) is 0 Å². The molecule has 0 fully saturated rings. The third kappa shape index (κ3) is 3.32. The largest absolute Gasteiger partial charge is 0.370 e. The van der Waals surface area contributed by atoms with Crippen LogP contribution < -0.4 is 11.1 Å². The molecule has 3 rings (SSSR count). The summed E-state index contributed by atoms with van der Waals surface area (Å²) < 4.78 is 2.70. The second-order valence-electron chi connectivity index (χ2n) is 5.57. The van der Waals surface area contributed by atoms with E-state index in [4.69, 9.17) is 5.73 Å². The molecule has 0 aliphatic heterocycles. The van der Waals surface area contributed by atoms with Crippen LogP contribution in [0.2, 0.25) is 0 Å². The van der Waals surface area contributed by atoms with Crippen LogP contribution >= 0.6 is 15.9 Å². The van der Waals surface area contributed by atoms with Crippen LogP contribution in [0.15, 0.2) is 33.9 Å². The number of fused-ring (bicyclic) bond motifs is 1. The van der Waals surface area contributed by atoms with Crippen LogP contribution in [-0.4, -0.2) is 15.7 Å². The van der Waals surface area contributed by atoms with E-state index in [-0.39, 0.29) is 0 Å². The number of aliphatic imine (C=N–C) groups is 1. The highest BCUT2D eigenvalue weighted by Crippen LogP contribution is 2.27. The standard InChI is InChI=1S/C16H20BrN5/c1-22-10-13(17)15(21-22)9-19-16(18)20-14-8-4-6-11-5-2-3-7-12(11)14/h4,6,8,10H,2-3,5,7,9H2,1H3,(H3,18,19,20). The lowest BCUT2D eigenvalue weighted by atomic mass is 9.90. The van der Waals surface area contributed by atoms with Gasteiger partial charge in [0.25, 0.3) is 0 Å². The number of hydrogen-bond donors (Lipinski definition) is 2. The van der Waals surface area contributed by atoms with Gasteiger partial charge in [-0.15, -0.1) is 0 Å². The Morgan fingerprint density at radius 2 is 2.23 bits per heavy atom. The number of rotatable bonds is 3. The lowest BCUT2D eigenvalue weighted by Crippen LogP contribution is -2.24. The Morgan fingerprint density at radius 3 is 3.00 bits per heavy atom. The number of anilines is 1. The van der Waals surface area contributed by atoms with Gasteiger partial charge in [-0.2, -0.15) is 5.10 Å². The van der Waals surface area contributed by atoms with E-state index in [0.29, 0.717) is 12.5 Å². The second kappa shape index (κ2) is 6.52. The lowest BCUT2D eigenvalue weighted by molar-refractivity contribution is 0.687. The highest BCUT2D eigenvalue weighted by Gasteiger charge is 2.13. The summed E-state index contributed by atoms with van der Waals surface area (Å²) >= 11 is 3.47. The number of guanidine groups is 1. The lowest BCUT2D eigenvalue weighted by Gasteiger charge is -2.19. The summed E-state index contributed by atoms with van der Waals surface area (Å²) in [7, 11) is 1.88. The third-order valence-electron chi connectivity index (χ3n) is 3.91. The molecule has 3 N–H and O–H groups in total. The zero-order chi connectivity index (χ0) is 15.5. The van der Waals surface area contributed by atoms with Gasteiger partial charge in [-0.1, -0.05) is 12.1 Å². The van der Waals surface area contributed by atoms with Crippen molar-refractivity contribution < 1.29 is 0 Å². The third-order valence-corrected chi connectivity index (χ3v) is 4.57. The molecule has 1 aliphatic carbocycles. The highest BCUT2D eigenvalue weighted by molar-refractivity contribution is 9.10. The Morgan fingerprint density at radius 1 is 1.41 bits per heavy atom. The Hall–Kier alpha value is -1.82. The first-order valence-corrected chi connectivity index (χ1v) is 8.28. The minimum absolute atomic E-state index is 0.427. The van der Waals surface area contributed by atoms with Crippen molar-refractivity contribution in [1.82, 2.24) is 9.78 Å². The van der Waals surface area contributed by atoms with Gasteiger partial charge in [0.15, 0.2) is 5.96 Å². The monoisotopic (exact) mass is 361 g/mol. The topological polar surface area (TPSA) is 68.2 Å². The SMILES string of the molecule is Cn1cc(Br)c(CN=C(N)Nc2cccc3c2CCCC3)n1. The minimum atomic E-state index is 0.427. The molecule has 2 aromatic rings. The van der Waals surface area contributed by atoms with E-state index in [2.05, 4.69) is 49.5 Å². The van der Waals surface area contributed by atoms with Gasteiger partial charge >= 0.3 is 0 Å². The molecule has 0 saturated carbocycles. The maximum atomic E-state index is 6.03. The summed E-state index contributed by atoms with van der Waals surface area (Å²) in [6.07, 6.45) is 6.68. The smallest absolute Gasteiger partial charge is 0.193 e. The summed E-state index contributed by atoms with van der Waals surface area (Å²) in [4.78, 5) is 4.39. The molecular formula is C16H20BrN5. The molecule has 1 aromatic carbocycles. The molecule has 0 atom stereocenters. The Balaban J connectivity index is 1.73. The molecule has 6 heteroatoms. The Labute approximate surface area is 138 Å². The molecular weight excluding hydrogens is 342 g/mol. The summed E-state index contributed by atoms with van der Waals surface area (Å²) in [5.41, 5.74) is 10.8. The van der Waals surface area contributed by atoms with E-state index in [1.807, 2.05) is 13.2 Å². The molecule has 1 aliphatic rings. The summed E-state index contributed by atoms with van der Waals surface area (Å²) in [6.45, 7) is 0.454. The molecule has 5 nitrogen and oxygen atoms in total. The van der Waals surface area contributed by atoms with E-state index in [1.165, 1.54) is 24.0 Å². The number of nitrogens with two attached hydrogens (primary N) is 1. The molecule has 1 aromatic heterocycles. The number of aryl methyl sites for hydroxylation is 2. The number of nitrogens with one attached hydrogen (secondary N) is 1. The summed E-state index contributed by atoms with van der Waals surface area (Å²) in [6, 6.07) is 6.36. The van der Waals surface area contributed by atoms with Crippen LogP contribution in [0.1, 0.15) is 29.7 Å². The van der Waals surface area contributed by atoms with Gasteiger partial charge in [0.1, 0.15) is 0 Å². The average molecular weight is 362 g/mol. The van der Waals surface area contributed by atoms with Crippen LogP contribution in [0.3, 0.4) is 0 Å². The van der Waals surface area contributed by atoms with E-state index >= 15 is 0 Å². The molecule has 0 radical (unpaired) electrons.